The van der Waals surface area contributed by atoms with Crippen LogP contribution in [-0.2, 0) is 0 Å². The molecule has 1 fully saturated rings. The van der Waals surface area contributed by atoms with Gasteiger partial charge in [0, 0.05) is 6.04 Å². The standard InChI is InChI=1S/C17H23N/c1-12-3-6-15(7-4-12)13(2)18-11-17-10-14-5-8-16(17)9-14/h3-8,13-14,16-18H,9-11H2,1-2H3/t13-,14?,16?,17?/m0/s1. The van der Waals surface area contributed by atoms with Crippen LogP contribution in [-0.4, -0.2) is 6.54 Å². The molecular weight excluding hydrogens is 218 g/mol. The second kappa shape index (κ2) is 4.89. The summed E-state index contributed by atoms with van der Waals surface area (Å²) in [6, 6.07) is 9.36. The number of nitrogens with one attached hydrogen (secondary N) is 1. The number of hydrogen-bond donors (Lipinski definition) is 1. The van der Waals surface area contributed by atoms with Crippen LogP contribution < -0.4 is 5.32 Å². The molecule has 3 rings (SSSR count). The number of fused-ring (bicyclic) bond motifs is 2. The Morgan fingerprint density at radius 2 is 1.94 bits per heavy atom. The van der Waals surface area contributed by atoms with E-state index in [-0.39, 0.29) is 0 Å². The number of aryl methyl sites for hydroxylation is 1. The molecule has 1 nitrogen and oxygen atoms in total. The number of benzene rings is 1. The molecule has 4 atom stereocenters. The van der Waals surface area contributed by atoms with E-state index in [1.165, 1.54) is 30.5 Å². The minimum Gasteiger partial charge on any atom is -0.310 e. The lowest BCUT2D eigenvalue weighted by molar-refractivity contribution is 0.393. The fraction of sp³-hybridized carbons (Fsp3) is 0.529. The van der Waals surface area contributed by atoms with Crippen LogP contribution >= 0.6 is 0 Å². The molecule has 0 amide bonds. The van der Waals surface area contributed by atoms with Crippen LogP contribution in [0.15, 0.2) is 36.4 Å². The number of allylic oxidation sites excluding steroid dienone is 2. The molecule has 0 saturated heterocycles. The minimum absolute atomic E-state index is 0.466. The largest absolute Gasteiger partial charge is 0.310 e. The fourth-order valence-electron chi connectivity index (χ4n) is 3.43. The maximum Gasteiger partial charge on any atom is 0.0291 e. The first kappa shape index (κ1) is 12.0. The lowest BCUT2D eigenvalue weighted by atomic mass is 9.93. The van der Waals surface area contributed by atoms with E-state index in [9.17, 15) is 0 Å². The lowest BCUT2D eigenvalue weighted by Crippen LogP contribution is -2.27. The summed E-state index contributed by atoms with van der Waals surface area (Å²) >= 11 is 0. The van der Waals surface area contributed by atoms with Crippen molar-refractivity contribution >= 4 is 0 Å². The topological polar surface area (TPSA) is 12.0 Å². The first-order valence-corrected chi connectivity index (χ1v) is 7.20. The summed E-state index contributed by atoms with van der Waals surface area (Å²) in [6.07, 6.45) is 7.67. The van der Waals surface area contributed by atoms with Gasteiger partial charge in [0.1, 0.15) is 0 Å². The van der Waals surface area contributed by atoms with Crippen LogP contribution in [0.1, 0.15) is 36.9 Å². The van der Waals surface area contributed by atoms with Gasteiger partial charge in [-0.1, -0.05) is 42.0 Å². The van der Waals surface area contributed by atoms with Crippen molar-refractivity contribution in [3.63, 3.8) is 0 Å². The third-order valence-electron chi connectivity index (χ3n) is 4.68. The summed E-state index contributed by atoms with van der Waals surface area (Å²) in [4.78, 5) is 0. The van der Waals surface area contributed by atoms with Crippen molar-refractivity contribution in [1.29, 1.82) is 0 Å². The first-order chi connectivity index (χ1) is 8.72. The molecule has 96 valence electrons. The highest BCUT2D eigenvalue weighted by molar-refractivity contribution is 5.23. The molecule has 1 aromatic carbocycles. The van der Waals surface area contributed by atoms with Crippen molar-refractivity contribution in [2.45, 2.75) is 32.7 Å². The van der Waals surface area contributed by atoms with Crippen LogP contribution in [0.2, 0.25) is 0 Å². The van der Waals surface area contributed by atoms with Gasteiger partial charge in [-0.15, -0.1) is 0 Å². The molecule has 2 aliphatic carbocycles. The van der Waals surface area contributed by atoms with Crippen LogP contribution in [0.3, 0.4) is 0 Å². The predicted octanol–water partition coefficient (Wildman–Crippen LogP) is 3.86. The molecule has 1 aromatic rings. The van der Waals surface area contributed by atoms with E-state index in [1.54, 1.807) is 0 Å². The molecule has 1 heteroatoms. The lowest BCUT2D eigenvalue weighted by Gasteiger charge is -2.22. The monoisotopic (exact) mass is 241 g/mol. The van der Waals surface area contributed by atoms with Gasteiger partial charge in [-0.2, -0.15) is 0 Å². The zero-order chi connectivity index (χ0) is 12.5. The highest BCUT2D eigenvalue weighted by atomic mass is 14.9. The van der Waals surface area contributed by atoms with Crippen LogP contribution in [0, 0.1) is 24.7 Å². The Bertz CT molecular complexity index is 431. The fourth-order valence-corrected chi connectivity index (χ4v) is 3.43. The van der Waals surface area contributed by atoms with Gasteiger partial charge in [0.15, 0.2) is 0 Å². The molecule has 1 saturated carbocycles. The molecule has 1 N–H and O–H groups in total. The highest BCUT2D eigenvalue weighted by Crippen LogP contribution is 2.43. The second-order valence-corrected chi connectivity index (χ2v) is 6.08. The normalized spacial score (nSPS) is 30.9. The number of rotatable bonds is 4. The average molecular weight is 241 g/mol. The van der Waals surface area contributed by atoms with E-state index in [2.05, 4.69) is 55.6 Å². The Labute approximate surface area is 110 Å². The molecule has 0 spiro atoms. The number of hydrogen-bond acceptors (Lipinski definition) is 1. The molecule has 0 heterocycles. The zero-order valence-corrected chi connectivity index (χ0v) is 11.4. The van der Waals surface area contributed by atoms with Gasteiger partial charge in [-0.05, 0) is 56.6 Å². The molecule has 0 aliphatic heterocycles. The summed E-state index contributed by atoms with van der Waals surface area (Å²) in [5.74, 6) is 2.61. The maximum atomic E-state index is 3.71. The van der Waals surface area contributed by atoms with E-state index in [0.717, 1.165) is 17.8 Å². The Morgan fingerprint density at radius 3 is 2.56 bits per heavy atom. The van der Waals surface area contributed by atoms with Gasteiger partial charge < -0.3 is 5.32 Å². The van der Waals surface area contributed by atoms with Gasteiger partial charge >= 0.3 is 0 Å². The van der Waals surface area contributed by atoms with Crippen molar-refractivity contribution in [2.24, 2.45) is 17.8 Å². The van der Waals surface area contributed by atoms with E-state index < -0.39 is 0 Å². The summed E-state index contributed by atoms with van der Waals surface area (Å²) < 4.78 is 0. The summed E-state index contributed by atoms with van der Waals surface area (Å²) in [7, 11) is 0. The molecule has 0 radical (unpaired) electrons. The minimum atomic E-state index is 0.466. The predicted molar refractivity (Wildman–Crippen MR) is 76.4 cm³/mol. The second-order valence-electron chi connectivity index (χ2n) is 6.08. The van der Waals surface area contributed by atoms with Crippen molar-refractivity contribution in [3.8, 4) is 0 Å². The first-order valence-electron chi connectivity index (χ1n) is 7.20. The van der Waals surface area contributed by atoms with Crippen LogP contribution in [0.4, 0.5) is 0 Å². The Hall–Kier alpha value is -1.08. The van der Waals surface area contributed by atoms with E-state index >= 15 is 0 Å². The van der Waals surface area contributed by atoms with E-state index in [1.807, 2.05) is 0 Å². The average Bonchev–Trinajstić information content (AvgIpc) is 2.99. The molecular formula is C17H23N. The van der Waals surface area contributed by atoms with Gasteiger partial charge in [-0.3, -0.25) is 0 Å². The van der Waals surface area contributed by atoms with Crippen molar-refractivity contribution in [2.75, 3.05) is 6.54 Å². The third kappa shape index (κ3) is 2.37. The molecule has 18 heavy (non-hydrogen) atoms. The molecule has 2 aliphatic rings. The van der Waals surface area contributed by atoms with E-state index in [0.29, 0.717) is 6.04 Å². The van der Waals surface area contributed by atoms with Gasteiger partial charge in [-0.25, -0.2) is 0 Å². The van der Waals surface area contributed by atoms with Gasteiger partial charge in [0.2, 0.25) is 0 Å². The summed E-state index contributed by atoms with van der Waals surface area (Å²) in [6.45, 7) is 5.58. The van der Waals surface area contributed by atoms with Crippen molar-refractivity contribution in [3.05, 3.63) is 47.5 Å². The summed E-state index contributed by atoms with van der Waals surface area (Å²) in [5.41, 5.74) is 2.74. The highest BCUT2D eigenvalue weighted by Gasteiger charge is 2.35. The van der Waals surface area contributed by atoms with E-state index in [4.69, 9.17) is 0 Å². The Balaban J connectivity index is 1.54. The molecule has 0 aromatic heterocycles. The smallest absolute Gasteiger partial charge is 0.0291 e. The van der Waals surface area contributed by atoms with Gasteiger partial charge in [0.25, 0.3) is 0 Å². The maximum absolute atomic E-state index is 3.71. The molecule has 2 bridgehead atoms. The zero-order valence-electron chi connectivity index (χ0n) is 11.4. The van der Waals surface area contributed by atoms with Crippen LogP contribution in [0.25, 0.3) is 0 Å². The quantitative estimate of drug-likeness (QED) is 0.789. The van der Waals surface area contributed by atoms with Crippen molar-refractivity contribution < 1.29 is 0 Å². The summed E-state index contributed by atoms with van der Waals surface area (Å²) in [5, 5.41) is 3.71. The van der Waals surface area contributed by atoms with Gasteiger partial charge in [0.05, 0.1) is 0 Å². The van der Waals surface area contributed by atoms with Crippen molar-refractivity contribution in [1.82, 2.24) is 5.32 Å². The molecule has 3 unspecified atom stereocenters. The Kier molecular flexibility index (Phi) is 3.25. The Morgan fingerprint density at radius 1 is 1.17 bits per heavy atom. The SMILES string of the molecule is Cc1ccc([C@H](C)NCC2CC3C=CC2C3)cc1. The third-order valence-corrected chi connectivity index (χ3v) is 4.68. The van der Waals surface area contributed by atoms with Crippen LogP contribution in [0.5, 0.6) is 0 Å².